The third-order valence-corrected chi connectivity index (χ3v) is 1.16. The molecule has 0 aromatic rings. The predicted molar refractivity (Wildman–Crippen MR) is 49.0 cm³/mol. The van der Waals surface area contributed by atoms with Gasteiger partial charge in [-0.15, -0.1) is 4.91 Å². The van der Waals surface area contributed by atoms with E-state index in [1.54, 1.807) is 20.8 Å². The molecular weight excluding hydrogens is 188 g/mol. The minimum Gasteiger partial charge on any atom is -0.459 e. The summed E-state index contributed by atoms with van der Waals surface area (Å²) in [4.78, 5) is 31.9. The van der Waals surface area contributed by atoms with Crippen LogP contribution >= 0.6 is 0 Å². The smallest absolute Gasteiger partial charge is 0.328 e. The van der Waals surface area contributed by atoms with Crippen molar-refractivity contribution in [2.75, 3.05) is 6.54 Å². The first-order valence-corrected chi connectivity index (χ1v) is 4.09. The second-order valence-corrected chi connectivity index (χ2v) is 3.74. The average molecular weight is 202 g/mol. The van der Waals surface area contributed by atoms with Gasteiger partial charge in [-0.25, -0.2) is 0 Å². The van der Waals surface area contributed by atoms with E-state index in [1.165, 1.54) is 0 Å². The van der Waals surface area contributed by atoms with Crippen LogP contribution in [0.15, 0.2) is 5.29 Å². The number of amides is 1. The van der Waals surface area contributed by atoms with Crippen LogP contribution in [-0.4, -0.2) is 29.0 Å². The van der Waals surface area contributed by atoms with E-state index in [4.69, 9.17) is 4.74 Å². The van der Waals surface area contributed by atoms with E-state index in [9.17, 15) is 14.5 Å². The topological polar surface area (TPSA) is 76.0 Å². The Morgan fingerprint density at radius 2 is 1.86 bits per heavy atom. The summed E-state index contributed by atoms with van der Waals surface area (Å²) in [6.07, 6.45) is 0. The molecule has 0 N–H and O–H groups in total. The third-order valence-electron chi connectivity index (χ3n) is 1.16. The van der Waals surface area contributed by atoms with Crippen LogP contribution in [0.2, 0.25) is 0 Å². The molecule has 0 aliphatic heterocycles. The number of ether oxygens (including phenoxy) is 1. The van der Waals surface area contributed by atoms with Gasteiger partial charge in [0.2, 0.25) is 5.91 Å². The molecule has 0 atom stereocenters. The molecule has 0 saturated carbocycles. The minimum absolute atomic E-state index is 0.448. The summed E-state index contributed by atoms with van der Waals surface area (Å²) < 4.78 is 4.89. The van der Waals surface area contributed by atoms with Gasteiger partial charge in [0, 0.05) is 6.92 Å². The highest BCUT2D eigenvalue weighted by molar-refractivity contribution is 5.80. The maximum Gasteiger partial charge on any atom is 0.328 e. The molecular formula is C8H14N2O4. The van der Waals surface area contributed by atoms with Gasteiger partial charge in [0.05, 0.1) is 5.29 Å². The van der Waals surface area contributed by atoms with Crippen LogP contribution in [-0.2, 0) is 14.3 Å². The van der Waals surface area contributed by atoms with Crippen molar-refractivity contribution in [2.24, 2.45) is 5.29 Å². The Morgan fingerprint density at radius 3 is 2.14 bits per heavy atom. The van der Waals surface area contributed by atoms with Crippen molar-refractivity contribution in [3.8, 4) is 0 Å². The molecule has 0 fully saturated rings. The van der Waals surface area contributed by atoms with Crippen LogP contribution in [0.1, 0.15) is 27.7 Å². The van der Waals surface area contributed by atoms with E-state index in [-0.39, 0.29) is 0 Å². The molecule has 14 heavy (non-hydrogen) atoms. The van der Waals surface area contributed by atoms with Gasteiger partial charge in [-0.3, -0.25) is 9.59 Å². The molecule has 6 heteroatoms. The Hall–Kier alpha value is -1.46. The van der Waals surface area contributed by atoms with Crippen molar-refractivity contribution in [3.63, 3.8) is 0 Å². The van der Waals surface area contributed by atoms with Crippen molar-refractivity contribution in [3.05, 3.63) is 4.91 Å². The number of esters is 1. The van der Waals surface area contributed by atoms with Crippen LogP contribution in [0, 0.1) is 4.91 Å². The van der Waals surface area contributed by atoms with Crippen molar-refractivity contribution < 1.29 is 14.3 Å². The van der Waals surface area contributed by atoms with Gasteiger partial charge < -0.3 is 4.74 Å². The lowest BCUT2D eigenvalue weighted by Crippen LogP contribution is -2.34. The highest BCUT2D eigenvalue weighted by Crippen LogP contribution is 2.07. The zero-order chi connectivity index (χ0) is 11.4. The largest absolute Gasteiger partial charge is 0.459 e. The van der Waals surface area contributed by atoms with E-state index in [0.717, 1.165) is 6.92 Å². The Kier molecular flexibility index (Phi) is 4.20. The van der Waals surface area contributed by atoms with Gasteiger partial charge in [-0.05, 0) is 20.8 Å². The summed E-state index contributed by atoms with van der Waals surface area (Å²) >= 11 is 0. The maximum absolute atomic E-state index is 11.1. The molecule has 80 valence electrons. The molecule has 0 aromatic heterocycles. The molecule has 0 bridgehead atoms. The first-order chi connectivity index (χ1) is 6.26. The van der Waals surface area contributed by atoms with E-state index < -0.39 is 24.0 Å². The molecule has 0 saturated heterocycles. The molecule has 0 aliphatic rings. The molecule has 0 aromatic carbocycles. The molecule has 6 nitrogen and oxygen atoms in total. The van der Waals surface area contributed by atoms with Gasteiger partial charge in [0.15, 0.2) is 0 Å². The van der Waals surface area contributed by atoms with E-state index in [0.29, 0.717) is 5.01 Å². The third kappa shape index (κ3) is 5.23. The SMILES string of the molecule is CC(=O)N(CC(=O)OC(C)(C)C)N=O. The van der Waals surface area contributed by atoms with Crippen LogP contribution in [0.5, 0.6) is 0 Å². The number of carbonyl (C=O) groups is 2. The van der Waals surface area contributed by atoms with Crippen LogP contribution < -0.4 is 0 Å². The van der Waals surface area contributed by atoms with Crippen molar-refractivity contribution in [1.82, 2.24) is 5.01 Å². The monoisotopic (exact) mass is 202 g/mol. The van der Waals surface area contributed by atoms with E-state index >= 15 is 0 Å². The summed E-state index contributed by atoms with van der Waals surface area (Å²) in [5.74, 6) is -1.25. The Morgan fingerprint density at radius 1 is 1.36 bits per heavy atom. The fraction of sp³-hybridized carbons (Fsp3) is 0.750. The normalized spacial score (nSPS) is 10.6. The van der Waals surface area contributed by atoms with E-state index in [2.05, 4.69) is 5.29 Å². The Labute approximate surface area is 82.2 Å². The van der Waals surface area contributed by atoms with Crippen LogP contribution in [0.4, 0.5) is 0 Å². The number of rotatable bonds is 3. The number of carbonyl (C=O) groups excluding carboxylic acids is 2. The molecule has 0 radical (unpaired) electrons. The van der Waals surface area contributed by atoms with Gasteiger partial charge in [-0.2, -0.15) is 5.01 Å². The molecule has 0 heterocycles. The molecule has 0 unspecified atom stereocenters. The summed E-state index contributed by atoms with van der Waals surface area (Å²) in [5.41, 5.74) is -0.636. The van der Waals surface area contributed by atoms with Gasteiger partial charge in [0.25, 0.3) is 0 Å². The lowest BCUT2D eigenvalue weighted by Gasteiger charge is -2.20. The fourth-order valence-corrected chi connectivity index (χ4v) is 0.694. The zero-order valence-electron chi connectivity index (χ0n) is 8.73. The number of nitroso groups, excluding NO2 is 1. The number of hydrogen-bond acceptors (Lipinski definition) is 5. The highest BCUT2D eigenvalue weighted by atomic mass is 16.6. The lowest BCUT2D eigenvalue weighted by molar-refractivity contribution is -0.158. The number of nitrogens with zero attached hydrogens (tertiary/aromatic N) is 2. The fourth-order valence-electron chi connectivity index (χ4n) is 0.694. The van der Waals surface area contributed by atoms with E-state index in [1.807, 2.05) is 0 Å². The first kappa shape index (κ1) is 12.5. The van der Waals surface area contributed by atoms with Crippen molar-refractivity contribution in [2.45, 2.75) is 33.3 Å². The number of hydrogen-bond donors (Lipinski definition) is 0. The maximum atomic E-state index is 11.1. The van der Waals surface area contributed by atoms with Crippen molar-refractivity contribution >= 4 is 11.9 Å². The summed E-state index contributed by atoms with van der Waals surface area (Å²) in [5, 5.41) is 2.90. The quantitative estimate of drug-likeness (QED) is 0.386. The second kappa shape index (κ2) is 4.69. The summed E-state index contributed by atoms with van der Waals surface area (Å²) in [6.45, 7) is 5.77. The minimum atomic E-state index is -0.660. The Bertz CT molecular complexity index is 244. The predicted octanol–water partition coefficient (Wildman–Crippen LogP) is 0.858. The zero-order valence-corrected chi connectivity index (χ0v) is 8.73. The standard InChI is InChI=1S/C8H14N2O4/c1-6(11)10(9-13)5-7(12)14-8(2,3)4/h5H2,1-4H3. The van der Waals surface area contributed by atoms with Crippen LogP contribution in [0.25, 0.3) is 0 Å². The first-order valence-electron chi connectivity index (χ1n) is 4.09. The summed E-state index contributed by atoms with van der Waals surface area (Å²) in [7, 11) is 0. The second-order valence-electron chi connectivity index (χ2n) is 3.74. The molecule has 0 aliphatic carbocycles. The van der Waals surface area contributed by atoms with Gasteiger partial charge in [-0.1, -0.05) is 0 Å². The van der Waals surface area contributed by atoms with Gasteiger partial charge in [0.1, 0.15) is 12.1 Å². The van der Waals surface area contributed by atoms with Crippen molar-refractivity contribution in [1.29, 1.82) is 0 Å². The lowest BCUT2D eigenvalue weighted by atomic mass is 10.2. The van der Waals surface area contributed by atoms with Crippen LogP contribution in [0.3, 0.4) is 0 Å². The average Bonchev–Trinajstić information content (AvgIpc) is 1.96. The molecule has 0 rings (SSSR count). The molecule has 1 amide bonds. The highest BCUT2D eigenvalue weighted by Gasteiger charge is 2.20. The van der Waals surface area contributed by atoms with Gasteiger partial charge >= 0.3 is 5.97 Å². The Balaban J connectivity index is 4.18. The summed E-state index contributed by atoms with van der Waals surface area (Å²) in [6, 6.07) is 0. The molecule has 0 spiro atoms.